The molecule has 0 spiro atoms. The minimum Gasteiger partial charge on any atom is -0.378 e. The van der Waals surface area contributed by atoms with Gasteiger partial charge in [0.25, 0.3) is 0 Å². The van der Waals surface area contributed by atoms with Gasteiger partial charge in [-0.15, -0.1) is 0 Å². The maximum atomic E-state index is 13.3. The summed E-state index contributed by atoms with van der Waals surface area (Å²) in [7, 11) is 0. The molecule has 0 bridgehead atoms. The summed E-state index contributed by atoms with van der Waals surface area (Å²) < 4.78 is 18.7. The highest BCUT2D eigenvalue weighted by Gasteiger charge is 2.17. The molecule has 1 aliphatic rings. The highest BCUT2D eigenvalue weighted by Crippen LogP contribution is 2.28. The molecule has 2 N–H and O–H groups in total. The van der Waals surface area contributed by atoms with Crippen LogP contribution in [0, 0.1) is 5.82 Å². The van der Waals surface area contributed by atoms with Crippen LogP contribution in [-0.2, 0) is 4.74 Å². The van der Waals surface area contributed by atoms with Crippen molar-refractivity contribution in [3.05, 3.63) is 29.6 Å². The molecule has 4 heteroatoms. The van der Waals surface area contributed by atoms with E-state index in [0.29, 0.717) is 6.54 Å². The molecule has 0 amide bonds. The van der Waals surface area contributed by atoms with Crippen LogP contribution in [0.2, 0.25) is 0 Å². The monoisotopic (exact) mass is 238 g/mol. The molecule has 1 heterocycles. The molecule has 1 saturated heterocycles. The van der Waals surface area contributed by atoms with Gasteiger partial charge in [0, 0.05) is 18.8 Å². The summed E-state index contributed by atoms with van der Waals surface area (Å²) >= 11 is 0. The van der Waals surface area contributed by atoms with Crippen LogP contribution in [0.1, 0.15) is 18.4 Å². The van der Waals surface area contributed by atoms with Gasteiger partial charge in [0.05, 0.1) is 13.2 Å². The first kappa shape index (κ1) is 12.3. The van der Waals surface area contributed by atoms with Crippen LogP contribution in [0.5, 0.6) is 0 Å². The molecule has 3 nitrogen and oxygen atoms in total. The third kappa shape index (κ3) is 2.76. The highest BCUT2D eigenvalue weighted by atomic mass is 19.1. The Kier molecular flexibility index (Phi) is 3.97. The van der Waals surface area contributed by atoms with E-state index in [1.165, 1.54) is 6.07 Å². The summed E-state index contributed by atoms with van der Waals surface area (Å²) in [6.45, 7) is 5.73. The molecular formula is C13H19FN2O. The van der Waals surface area contributed by atoms with Crippen LogP contribution in [-0.4, -0.2) is 32.8 Å². The molecule has 1 atom stereocenters. The quantitative estimate of drug-likeness (QED) is 0.871. The molecular weight excluding hydrogens is 219 g/mol. The Morgan fingerprint density at radius 1 is 1.41 bits per heavy atom. The van der Waals surface area contributed by atoms with Gasteiger partial charge >= 0.3 is 0 Å². The lowest BCUT2D eigenvalue weighted by Crippen LogP contribution is -2.37. The van der Waals surface area contributed by atoms with E-state index in [-0.39, 0.29) is 11.7 Å². The SMILES string of the molecule is CC(CN)c1cc(F)ccc1N1CCOCC1. The Balaban J connectivity index is 2.30. The van der Waals surface area contributed by atoms with Crippen LogP contribution < -0.4 is 10.6 Å². The third-order valence-corrected chi connectivity index (χ3v) is 3.23. The van der Waals surface area contributed by atoms with E-state index in [1.54, 1.807) is 6.07 Å². The molecule has 1 aromatic rings. The fraction of sp³-hybridized carbons (Fsp3) is 0.538. The van der Waals surface area contributed by atoms with Crippen LogP contribution in [0.3, 0.4) is 0 Å². The molecule has 1 aliphatic heterocycles. The molecule has 0 aliphatic carbocycles. The molecule has 0 aromatic heterocycles. The number of nitrogens with zero attached hydrogens (tertiary/aromatic N) is 1. The van der Waals surface area contributed by atoms with Crippen molar-refractivity contribution in [1.29, 1.82) is 0 Å². The zero-order valence-corrected chi connectivity index (χ0v) is 10.2. The largest absolute Gasteiger partial charge is 0.378 e. The van der Waals surface area contributed by atoms with E-state index in [9.17, 15) is 4.39 Å². The lowest BCUT2D eigenvalue weighted by Gasteiger charge is -2.31. The first-order valence-corrected chi connectivity index (χ1v) is 6.04. The topological polar surface area (TPSA) is 38.5 Å². The number of anilines is 1. The van der Waals surface area contributed by atoms with Gasteiger partial charge in [-0.25, -0.2) is 4.39 Å². The van der Waals surface area contributed by atoms with Crippen molar-refractivity contribution >= 4 is 5.69 Å². The number of benzene rings is 1. The normalized spacial score (nSPS) is 18.2. The zero-order valence-electron chi connectivity index (χ0n) is 10.2. The fourth-order valence-corrected chi connectivity index (χ4v) is 2.14. The number of ether oxygens (including phenoxy) is 1. The Morgan fingerprint density at radius 3 is 2.76 bits per heavy atom. The highest BCUT2D eigenvalue weighted by molar-refractivity contribution is 5.55. The van der Waals surface area contributed by atoms with Crippen LogP contribution in [0.25, 0.3) is 0 Å². The molecule has 1 aromatic carbocycles. The molecule has 2 rings (SSSR count). The Hall–Kier alpha value is -1.13. The summed E-state index contributed by atoms with van der Waals surface area (Å²) in [5.74, 6) is -0.0270. The maximum Gasteiger partial charge on any atom is 0.123 e. The number of hydrogen-bond donors (Lipinski definition) is 1. The van der Waals surface area contributed by atoms with E-state index in [0.717, 1.165) is 37.6 Å². The molecule has 0 saturated carbocycles. The number of nitrogens with two attached hydrogens (primary N) is 1. The van der Waals surface area contributed by atoms with Crippen molar-refractivity contribution in [1.82, 2.24) is 0 Å². The van der Waals surface area contributed by atoms with E-state index >= 15 is 0 Å². The lowest BCUT2D eigenvalue weighted by molar-refractivity contribution is 0.122. The Bertz CT molecular complexity index is 378. The van der Waals surface area contributed by atoms with Crippen molar-refractivity contribution in [2.75, 3.05) is 37.7 Å². The fourth-order valence-electron chi connectivity index (χ4n) is 2.14. The summed E-state index contributed by atoms with van der Waals surface area (Å²) in [6, 6.07) is 4.96. The summed E-state index contributed by atoms with van der Waals surface area (Å²) in [4.78, 5) is 2.24. The van der Waals surface area contributed by atoms with Gasteiger partial charge < -0.3 is 15.4 Å². The molecule has 1 unspecified atom stereocenters. The minimum absolute atomic E-state index is 0.170. The van der Waals surface area contributed by atoms with Crippen molar-refractivity contribution in [3.8, 4) is 0 Å². The standard InChI is InChI=1S/C13H19FN2O/c1-10(9-15)12-8-11(14)2-3-13(12)16-4-6-17-7-5-16/h2-3,8,10H,4-7,9,15H2,1H3. The van der Waals surface area contributed by atoms with Crippen LogP contribution in [0.15, 0.2) is 18.2 Å². The van der Waals surface area contributed by atoms with Crippen molar-refractivity contribution in [3.63, 3.8) is 0 Å². The summed E-state index contributed by atoms with van der Waals surface area (Å²) in [6.07, 6.45) is 0. The van der Waals surface area contributed by atoms with E-state index in [2.05, 4.69) is 4.90 Å². The second-order valence-electron chi connectivity index (χ2n) is 4.44. The minimum atomic E-state index is -0.197. The smallest absolute Gasteiger partial charge is 0.123 e. The first-order valence-electron chi connectivity index (χ1n) is 6.04. The van der Waals surface area contributed by atoms with E-state index in [4.69, 9.17) is 10.5 Å². The van der Waals surface area contributed by atoms with Crippen molar-refractivity contribution < 1.29 is 9.13 Å². The second-order valence-corrected chi connectivity index (χ2v) is 4.44. The van der Waals surface area contributed by atoms with Gasteiger partial charge in [0.1, 0.15) is 5.82 Å². The van der Waals surface area contributed by atoms with Gasteiger partial charge in [0.2, 0.25) is 0 Å². The predicted molar refractivity (Wildman–Crippen MR) is 66.9 cm³/mol. The lowest BCUT2D eigenvalue weighted by atomic mass is 9.98. The second kappa shape index (κ2) is 5.47. The van der Waals surface area contributed by atoms with Gasteiger partial charge in [-0.05, 0) is 36.2 Å². The Labute approximate surface area is 101 Å². The molecule has 94 valence electrons. The van der Waals surface area contributed by atoms with Gasteiger partial charge in [-0.3, -0.25) is 0 Å². The number of halogens is 1. The molecule has 17 heavy (non-hydrogen) atoms. The van der Waals surface area contributed by atoms with Crippen molar-refractivity contribution in [2.45, 2.75) is 12.8 Å². The predicted octanol–water partition coefficient (Wildman–Crippen LogP) is 1.72. The third-order valence-electron chi connectivity index (χ3n) is 3.23. The van der Waals surface area contributed by atoms with E-state index in [1.807, 2.05) is 13.0 Å². The number of hydrogen-bond acceptors (Lipinski definition) is 3. The number of rotatable bonds is 3. The van der Waals surface area contributed by atoms with Gasteiger partial charge in [0.15, 0.2) is 0 Å². The maximum absolute atomic E-state index is 13.3. The average molecular weight is 238 g/mol. The van der Waals surface area contributed by atoms with Gasteiger partial charge in [-0.1, -0.05) is 6.92 Å². The van der Waals surface area contributed by atoms with Crippen LogP contribution in [0.4, 0.5) is 10.1 Å². The summed E-state index contributed by atoms with van der Waals surface area (Å²) in [5, 5.41) is 0. The summed E-state index contributed by atoms with van der Waals surface area (Å²) in [5.41, 5.74) is 7.77. The first-order chi connectivity index (χ1) is 8.22. The number of morpholine rings is 1. The van der Waals surface area contributed by atoms with Crippen molar-refractivity contribution in [2.24, 2.45) is 5.73 Å². The molecule has 1 fully saturated rings. The zero-order chi connectivity index (χ0) is 12.3. The Morgan fingerprint density at radius 2 is 2.12 bits per heavy atom. The van der Waals surface area contributed by atoms with Gasteiger partial charge in [-0.2, -0.15) is 0 Å². The molecule has 0 radical (unpaired) electrons. The average Bonchev–Trinajstić information content (AvgIpc) is 2.38. The van der Waals surface area contributed by atoms with Crippen LogP contribution >= 0.6 is 0 Å². The van der Waals surface area contributed by atoms with E-state index < -0.39 is 0 Å².